The standard InChI is InChI=1S/C10H15N5.2ClH.Cu/c1-15-5-4-13-10(15)7-11-3-2-9-6-12-8-14-9;;;/h4-6,8,11H,2-3,7H2,1H3,(H,12,14);2*1H;/q;;;+2/p-2. The Morgan fingerprint density at radius 2 is 2.22 bits per heavy atom. The van der Waals surface area contributed by atoms with Gasteiger partial charge in [0.2, 0.25) is 0 Å². The Bertz CT molecular complexity index is 418. The van der Waals surface area contributed by atoms with E-state index in [2.05, 4.69) is 40.5 Å². The minimum absolute atomic E-state index is 0.757. The molecule has 2 rings (SSSR count). The average molecular weight is 340 g/mol. The topological polar surface area (TPSA) is 58.5 Å². The summed E-state index contributed by atoms with van der Waals surface area (Å²) in [5.41, 5.74) is 1.09. The molecule has 0 aliphatic carbocycles. The molecule has 0 saturated heterocycles. The SMILES string of the molecule is Cn1ccnc1CNCCc1c[nH]cn1.[Cl][Cu][Cl]. The van der Waals surface area contributed by atoms with Crippen molar-refractivity contribution in [2.45, 2.75) is 13.0 Å². The molecule has 2 N–H and O–H groups in total. The van der Waals surface area contributed by atoms with Crippen LogP contribution >= 0.6 is 20.2 Å². The number of hydrogen-bond acceptors (Lipinski definition) is 3. The number of aryl methyl sites for hydroxylation is 1. The van der Waals surface area contributed by atoms with E-state index < -0.39 is 0 Å². The van der Waals surface area contributed by atoms with E-state index in [0.29, 0.717) is 0 Å². The van der Waals surface area contributed by atoms with Crippen molar-refractivity contribution in [2.24, 2.45) is 7.05 Å². The number of halogens is 2. The number of imidazole rings is 2. The third-order valence-corrected chi connectivity index (χ3v) is 2.32. The first-order chi connectivity index (χ1) is 8.77. The van der Waals surface area contributed by atoms with Gasteiger partial charge in [-0.05, 0) is 0 Å². The normalized spacial score (nSPS) is 10.2. The number of H-pyrrole nitrogens is 1. The van der Waals surface area contributed by atoms with Gasteiger partial charge in [-0.15, -0.1) is 0 Å². The van der Waals surface area contributed by atoms with Gasteiger partial charge in [-0.2, -0.15) is 0 Å². The van der Waals surface area contributed by atoms with Crippen LogP contribution < -0.4 is 5.32 Å². The van der Waals surface area contributed by atoms with Gasteiger partial charge in [-0.1, -0.05) is 0 Å². The maximum atomic E-state index is 4.67. The van der Waals surface area contributed by atoms with Crippen molar-refractivity contribution in [3.8, 4) is 0 Å². The van der Waals surface area contributed by atoms with Crippen LogP contribution in [0.2, 0.25) is 0 Å². The van der Waals surface area contributed by atoms with Crippen molar-refractivity contribution in [3.05, 3.63) is 36.4 Å². The minimum atomic E-state index is 0.757. The molecule has 8 heteroatoms. The van der Waals surface area contributed by atoms with Crippen molar-refractivity contribution in [3.63, 3.8) is 0 Å². The van der Waals surface area contributed by atoms with Gasteiger partial charge in [0.15, 0.2) is 0 Å². The molecule has 0 aliphatic rings. The predicted molar refractivity (Wildman–Crippen MR) is 68.9 cm³/mol. The summed E-state index contributed by atoms with van der Waals surface area (Å²) < 4.78 is 2.02. The molecule has 18 heavy (non-hydrogen) atoms. The number of aromatic nitrogens is 4. The molecule has 0 unspecified atom stereocenters. The zero-order valence-corrected chi connectivity index (χ0v) is 12.3. The molecule has 5 nitrogen and oxygen atoms in total. The summed E-state index contributed by atoms with van der Waals surface area (Å²) in [4.78, 5) is 11.3. The monoisotopic (exact) mass is 338 g/mol. The van der Waals surface area contributed by atoms with Crippen LogP contribution in [0.4, 0.5) is 0 Å². The van der Waals surface area contributed by atoms with E-state index in [1.54, 1.807) is 6.33 Å². The van der Waals surface area contributed by atoms with E-state index in [1.165, 1.54) is 0 Å². The Kier molecular flexibility index (Phi) is 8.13. The Labute approximate surface area is 121 Å². The van der Waals surface area contributed by atoms with E-state index >= 15 is 0 Å². The summed E-state index contributed by atoms with van der Waals surface area (Å²) in [5, 5.41) is 3.33. The number of hydrogen-bond donors (Lipinski definition) is 2. The van der Waals surface area contributed by atoms with Crippen LogP contribution in [-0.4, -0.2) is 26.1 Å². The number of rotatable bonds is 5. The second-order valence-electron chi connectivity index (χ2n) is 3.48. The van der Waals surface area contributed by atoms with Crippen molar-refractivity contribution in [1.82, 2.24) is 24.8 Å². The summed E-state index contributed by atoms with van der Waals surface area (Å²) >= 11 is 0.757. The van der Waals surface area contributed by atoms with Gasteiger partial charge in [0, 0.05) is 38.6 Å². The third kappa shape index (κ3) is 5.89. The molecule has 0 amide bonds. The molecule has 2 aromatic rings. The first kappa shape index (κ1) is 15.5. The molecule has 0 spiro atoms. The molecule has 0 atom stereocenters. The van der Waals surface area contributed by atoms with Gasteiger partial charge in [-0.25, -0.2) is 9.97 Å². The fraction of sp³-hybridized carbons (Fsp3) is 0.400. The molecular formula is C10H15Cl2CuN5. The molecule has 2 heterocycles. The van der Waals surface area contributed by atoms with Gasteiger partial charge in [0.1, 0.15) is 5.82 Å². The van der Waals surface area contributed by atoms with E-state index in [4.69, 9.17) is 0 Å². The maximum absolute atomic E-state index is 4.67. The van der Waals surface area contributed by atoms with Crippen LogP contribution in [0.15, 0.2) is 24.9 Å². The summed E-state index contributed by atoms with van der Waals surface area (Å²) in [6, 6.07) is 0. The Morgan fingerprint density at radius 3 is 2.78 bits per heavy atom. The van der Waals surface area contributed by atoms with E-state index in [1.807, 2.05) is 30.2 Å². The molecule has 0 aromatic carbocycles. The first-order valence-corrected chi connectivity index (χ1v) is 7.83. The number of aromatic amines is 1. The molecule has 0 saturated carbocycles. The van der Waals surface area contributed by atoms with Crippen molar-refractivity contribution < 1.29 is 13.1 Å². The van der Waals surface area contributed by atoms with Crippen LogP contribution in [-0.2, 0) is 33.1 Å². The van der Waals surface area contributed by atoms with Crippen molar-refractivity contribution >= 4 is 20.2 Å². The molecular weight excluding hydrogens is 325 g/mol. The van der Waals surface area contributed by atoms with Gasteiger partial charge in [0.25, 0.3) is 0 Å². The van der Waals surface area contributed by atoms with E-state index in [9.17, 15) is 0 Å². The predicted octanol–water partition coefficient (Wildman–Crippen LogP) is 1.85. The zero-order valence-electron chi connectivity index (χ0n) is 9.83. The summed E-state index contributed by atoms with van der Waals surface area (Å²) in [6.45, 7) is 1.71. The van der Waals surface area contributed by atoms with Crippen LogP contribution in [0, 0.1) is 0 Å². The molecule has 0 bridgehead atoms. The summed E-state index contributed by atoms with van der Waals surface area (Å²) in [6.07, 6.45) is 8.32. The summed E-state index contributed by atoms with van der Waals surface area (Å²) in [7, 11) is 11.3. The Morgan fingerprint density at radius 1 is 1.44 bits per heavy atom. The van der Waals surface area contributed by atoms with Gasteiger partial charge >= 0.3 is 33.3 Å². The Hall–Kier alpha value is -0.521. The van der Waals surface area contributed by atoms with Gasteiger partial charge in [-0.3, -0.25) is 0 Å². The van der Waals surface area contributed by atoms with Crippen LogP contribution in [0.1, 0.15) is 11.5 Å². The molecule has 2 aromatic heterocycles. The fourth-order valence-corrected chi connectivity index (χ4v) is 1.41. The molecule has 0 radical (unpaired) electrons. The first-order valence-electron chi connectivity index (χ1n) is 5.23. The molecule has 0 fully saturated rings. The van der Waals surface area contributed by atoms with Gasteiger partial charge in [0.05, 0.1) is 18.6 Å². The second-order valence-corrected chi connectivity index (χ2v) is 5.04. The van der Waals surface area contributed by atoms with E-state index in [-0.39, 0.29) is 0 Å². The fourth-order valence-electron chi connectivity index (χ4n) is 1.41. The number of nitrogens with one attached hydrogen (secondary N) is 2. The van der Waals surface area contributed by atoms with Gasteiger partial charge < -0.3 is 14.9 Å². The van der Waals surface area contributed by atoms with Crippen LogP contribution in [0.25, 0.3) is 0 Å². The van der Waals surface area contributed by atoms with E-state index in [0.717, 1.165) is 44.2 Å². The van der Waals surface area contributed by atoms with Crippen LogP contribution in [0.5, 0.6) is 0 Å². The quantitative estimate of drug-likeness (QED) is 0.645. The Balaban J connectivity index is 0.000000492. The van der Waals surface area contributed by atoms with Crippen LogP contribution in [0.3, 0.4) is 0 Å². The zero-order chi connectivity index (χ0) is 13.2. The third-order valence-electron chi connectivity index (χ3n) is 2.32. The number of nitrogens with zero attached hydrogens (tertiary/aromatic N) is 3. The second kappa shape index (κ2) is 9.41. The van der Waals surface area contributed by atoms with Crippen molar-refractivity contribution in [2.75, 3.05) is 6.54 Å². The molecule has 0 aliphatic heterocycles. The average Bonchev–Trinajstić information content (AvgIpc) is 2.98. The molecule has 105 valence electrons. The summed E-state index contributed by atoms with van der Waals surface area (Å²) in [5.74, 6) is 1.05. The van der Waals surface area contributed by atoms with Crippen molar-refractivity contribution in [1.29, 1.82) is 0 Å².